The molecule has 0 bridgehead atoms. The summed E-state index contributed by atoms with van der Waals surface area (Å²) in [5, 5.41) is 5.57. The second-order valence-electron chi connectivity index (χ2n) is 4.42. The van der Waals surface area contributed by atoms with Crippen LogP contribution in [0.5, 0.6) is 0 Å². The first-order chi connectivity index (χ1) is 8.81. The summed E-state index contributed by atoms with van der Waals surface area (Å²) < 4.78 is 1.91. The summed E-state index contributed by atoms with van der Waals surface area (Å²) >= 11 is 0. The van der Waals surface area contributed by atoms with Crippen LogP contribution in [0.4, 0.5) is 0 Å². The number of nitrogens with two attached hydrogens (primary N) is 1. The minimum Gasteiger partial charge on any atom is -0.361 e. The molecule has 0 fully saturated rings. The first-order valence-corrected chi connectivity index (χ1v) is 6.08. The van der Waals surface area contributed by atoms with Crippen LogP contribution in [0.25, 0.3) is 22.0 Å². The second-order valence-corrected chi connectivity index (χ2v) is 4.42. The Bertz CT molecular complexity index is 678. The van der Waals surface area contributed by atoms with E-state index in [1.165, 1.54) is 22.2 Å². The molecular formula is C14H16N4. The maximum Gasteiger partial charge on any atom is 0.0571 e. The van der Waals surface area contributed by atoms with Crippen LogP contribution in [0, 0.1) is 0 Å². The van der Waals surface area contributed by atoms with Gasteiger partial charge in [-0.15, -0.1) is 0 Å². The highest BCUT2D eigenvalue weighted by Crippen LogP contribution is 2.30. The number of nitrogens with one attached hydrogen (secondary N) is 1. The summed E-state index contributed by atoms with van der Waals surface area (Å²) in [5.74, 6) is 0. The van der Waals surface area contributed by atoms with E-state index in [9.17, 15) is 0 Å². The number of aromatic nitrogens is 3. The number of H-pyrrole nitrogens is 1. The van der Waals surface area contributed by atoms with Crippen molar-refractivity contribution < 1.29 is 0 Å². The molecule has 3 rings (SSSR count). The van der Waals surface area contributed by atoms with E-state index in [0.29, 0.717) is 6.54 Å². The Kier molecular flexibility index (Phi) is 2.64. The fourth-order valence-electron chi connectivity index (χ4n) is 2.42. The topological polar surface area (TPSA) is 59.6 Å². The van der Waals surface area contributed by atoms with E-state index < -0.39 is 0 Å². The van der Waals surface area contributed by atoms with Gasteiger partial charge < -0.3 is 10.7 Å². The smallest absolute Gasteiger partial charge is 0.0571 e. The zero-order chi connectivity index (χ0) is 12.5. The number of rotatable bonds is 3. The molecule has 0 aliphatic heterocycles. The van der Waals surface area contributed by atoms with Gasteiger partial charge in [-0.3, -0.25) is 4.68 Å². The lowest BCUT2D eigenvalue weighted by molar-refractivity contribution is 0.707. The van der Waals surface area contributed by atoms with Crippen LogP contribution < -0.4 is 5.73 Å². The van der Waals surface area contributed by atoms with Crippen LogP contribution in [-0.4, -0.2) is 21.3 Å². The van der Waals surface area contributed by atoms with Crippen LogP contribution >= 0.6 is 0 Å². The molecule has 2 aromatic heterocycles. The molecule has 0 amide bonds. The van der Waals surface area contributed by atoms with Gasteiger partial charge in [-0.1, -0.05) is 18.2 Å². The summed E-state index contributed by atoms with van der Waals surface area (Å²) in [4.78, 5) is 3.30. The third kappa shape index (κ3) is 1.62. The molecule has 1 aromatic carbocycles. The largest absolute Gasteiger partial charge is 0.361 e. The number of para-hydroxylation sites is 1. The molecule has 18 heavy (non-hydrogen) atoms. The molecule has 0 spiro atoms. The second kappa shape index (κ2) is 4.31. The Hall–Kier alpha value is -2.07. The van der Waals surface area contributed by atoms with E-state index in [1.54, 1.807) is 0 Å². The van der Waals surface area contributed by atoms with Gasteiger partial charge in [-0.05, 0) is 12.6 Å². The van der Waals surface area contributed by atoms with Crippen molar-refractivity contribution >= 4 is 10.9 Å². The van der Waals surface area contributed by atoms with Gasteiger partial charge >= 0.3 is 0 Å². The minimum atomic E-state index is 0.634. The average Bonchev–Trinajstić information content (AvgIpc) is 2.95. The molecule has 0 unspecified atom stereocenters. The van der Waals surface area contributed by atoms with Crippen LogP contribution in [0.15, 0.2) is 36.7 Å². The van der Waals surface area contributed by atoms with E-state index in [-0.39, 0.29) is 0 Å². The quantitative estimate of drug-likeness (QED) is 0.736. The highest BCUT2D eigenvalue weighted by molar-refractivity contribution is 5.95. The highest BCUT2D eigenvalue weighted by Gasteiger charge is 2.13. The van der Waals surface area contributed by atoms with Gasteiger partial charge in [-0.25, -0.2) is 0 Å². The minimum absolute atomic E-state index is 0.634. The Morgan fingerprint density at radius 2 is 2.11 bits per heavy atom. The number of benzene rings is 1. The lowest BCUT2D eigenvalue weighted by atomic mass is 10.0. The molecule has 0 saturated carbocycles. The summed E-state index contributed by atoms with van der Waals surface area (Å²) in [5.41, 5.74) is 10.4. The number of fused-ring (bicyclic) bond motifs is 1. The molecule has 3 N–H and O–H groups in total. The van der Waals surface area contributed by atoms with Gasteiger partial charge in [0.15, 0.2) is 0 Å². The zero-order valence-corrected chi connectivity index (χ0v) is 10.4. The average molecular weight is 240 g/mol. The Morgan fingerprint density at radius 3 is 2.94 bits per heavy atom. The first-order valence-electron chi connectivity index (χ1n) is 6.08. The monoisotopic (exact) mass is 240 g/mol. The molecule has 0 radical (unpaired) electrons. The van der Waals surface area contributed by atoms with Crippen LogP contribution in [-0.2, 0) is 13.5 Å². The number of aromatic amines is 1. The molecule has 92 valence electrons. The van der Waals surface area contributed by atoms with Gasteiger partial charge in [0, 0.05) is 47.4 Å². The van der Waals surface area contributed by atoms with Crippen molar-refractivity contribution in [1.29, 1.82) is 0 Å². The number of aryl methyl sites for hydroxylation is 1. The normalized spacial score (nSPS) is 11.2. The van der Waals surface area contributed by atoms with Crippen molar-refractivity contribution in [3.63, 3.8) is 0 Å². The summed E-state index contributed by atoms with van der Waals surface area (Å²) in [6.07, 6.45) is 4.80. The molecule has 0 atom stereocenters. The van der Waals surface area contributed by atoms with Crippen molar-refractivity contribution in [2.75, 3.05) is 6.54 Å². The van der Waals surface area contributed by atoms with E-state index >= 15 is 0 Å². The molecule has 0 saturated heterocycles. The van der Waals surface area contributed by atoms with Crippen LogP contribution in [0.3, 0.4) is 0 Å². The molecule has 4 heteroatoms. The standard InChI is InChI=1S/C14H16N4/c1-18-14(6-7-15)12(9-17-18)11-8-16-13-5-3-2-4-10(11)13/h2-5,8-9,16H,6-7,15H2,1H3. The summed E-state index contributed by atoms with van der Waals surface area (Å²) in [7, 11) is 1.96. The first kappa shape index (κ1) is 11.0. The third-order valence-corrected chi connectivity index (χ3v) is 3.32. The molecule has 0 aliphatic rings. The lowest BCUT2D eigenvalue weighted by Crippen LogP contribution is -2.08. The van der Waals surface area contributed by atoms with E-state index in [1.807, 2.05) is 30.2 Å². The van der Waals surface area contributed by atoms with Crippen molar-refractivity contribution in [2.45, 2.75) is 6.42 Å². The number of nitrogens with zero attached hydrogens (tertiary/aromatic N) is 2. The van der Waals surface area contributed by atoms with Crippen molar-refractivity contribution in [3.05, 3.63) is 42.4 Å². The van der Waals surface area contributed by atoms with Gasteiger partial charge in [-0.2, -0.15) is 5.10 Å². The Balaban J connectivity index is 2.20. The number of hydrogen-bond acceptors (Lipinski definition) is 2. The van der Waals surface area contributed by atoms with Gasteiger partial charge in [0.1, 0.15) is 0 Å². The molecule has 4 nitrogen and oxygen atoms in total. The van der Waals surface area contributed by atoms with E-state index in [4.69, 9.17) is 5.73 Å². The molecular weight excluding hydrogens is 224 g/mol. The van der Waals surface area contributed by atoms with Crippen molar-refractivity contribution in [3.8, 4) is 11.1 Å². The lowest BCUT2D eigenvalue weighted by Gasteiger charge is -2.03. The predicted octanol–water partition coefficient (Wildman–Crippen LogP) is 2.07. The maximum atomic E-state index is 5.67. The van der Waals surface area contributed by atoms with Gasteiger partial charge in [0.05, 0.1) is 6.20 Å². The van der Waals surface area contributed by atoms with Crippen LogP contribution in [0.1, 0.15) is 5.69 Å². The molecule has 2 heterocycles. The summed E-state index contributed by atoms with van der Waals surface area (Å²) in [6.45, 7) is 0.634. The zero-order valence-electron chi connectivity index (χ0n) is 10.4. The predicted molar refractivity (Wildman–Crippen MR) is 73.3 cm³/mol. The van der Waals surface area contributed by atoms with Crippen molar-refractivity contribution in [2.24, 2.45) is 12.8 Å². The third-order valence-electron chi connectivity index (χ3n) is 3.32. The van der Waals surface area contributed by atoms with Gasteiger partial charge in [0.2, 0.25) is 0 Å². The number of hydrogen-bond donors (Lipinski definition) is 2. The fourth-order valence-corrected chi connectivity index (χ4v) is 2.42. The summed E-state index contributed by atoms with van der Waals surface area (Å²) in [6, 6.07) is 8.30. The Labute approximate surface area is 105 Å². The molecule has 0 aliphatic carbocycles. The van der Waals surface area contributed by atoms with Gasteiger partial charge in [0.25, 0.3) is 0 Å². The molecule has 3 aromatic rings. The maximum absolute atomic E-state index is 5.67. The Morgan fingerprint density at radius 1 is 1.28 bits per heavy atom. The SMILES string of the molecule is Cn1ncc(-c2c[nH]c3ccccc23)c1CCN. The highest BCUT2D eigenvalue weighted by atomic mass is 15.3. The van der Waals surface area contributed by atoms with E-state index in [2.05, 4.69) is 28.3 Å². The van der Waals surface area contributed by atoms with Crippen molar-refractivity contribution in [1.82, 2.24) is 14.8 Å². The van der Waals surface area contributed by atoms with Crippen LogP contribution in [0.2, 0.25) is 0 Å². The fraction of sp³-hybridized carbons (Fsp3) is 0.214. The van der Waals surface area contributed by atoms with E-state index in [0.717, 1.165) is 11.9 Å².